The highest BCUT2D eigenvalue weighted by Crippen LogP contribution is 2.21. The summed E-state index contributed by atoms with van der Waals surface area (Å²) < 4.78 is 0.841. The number of carbonyl (C=O) groups excluding carboxylic acids is 3. The maximum Gasteiger partial charge on any atom is 0.273 e. The molecule has 0 spiro atoms. The average molecular weight is 473 g/mol. The number of halogens is 2. The second-order valence-electron chi connectivity index (χ2n) is 5.22. The molecular formula is C17H15BrClN3O4S. The first-order valence-corrected chi connectivity index (χ1v) is 9.88. The van der Waals surface area contributed by atoms with Gasteiger partial charge in [0, 0.05) is 15.2 Å². The molecule has 0 saturated heterocycles. The minimum atomic E-state index is -0.708. The van der Waals surface area contributed by atoms with Gasteiger partial charge in [-0.05, 0) is 36.4 Å². The summed E-state index contributed by atoms with van der Waals surface area (Å²) in [5, 5.41) is 12.6. The van der Waals surface area contributed by atoms with E-state index in [0.29, 0.717) is 5.69 Å². The van der Waals surface area contributed by atoms with Crippen LogP contribution in [-0.2, 0) is 9.59 Å². The molecule has 2 aromatic carbocycles. The Kier molecular flexibility index (Phi) is 7.96. The minimum absolute atomic E-state index is 0.0340. The van der Waals surface area contributed by atoms with Crippen molar-refractivity contribution in [1.82, 2.24) is 10.9 Å². The van der Waals surface area contributed by atoms with Crippen LogP contribution in [0.15, 0.2) is 46.9 Å². The van der Waals surface area contributed by atoms with Gasteiger partial charge < -0.3 is 10.4 Å². The number of carbonyl (C=O) groups is 3. The van der Waals surface area contributed by atoms with Crippen molar-refractivity contribution in [3.8, 4) is 5.75 Å². The van der Waals surface area contributed by atoms with Crippen LogP contribution < -0.4 is 16.2 Å². The summed E-state index contributed by atoms with van der Waals surface area (Å²) in [5.74, 6) is -1.68. The fraction of sp³-hybridized carbons (Fsp3) is 0.118. The van der Waals surface area contributed by atoms with E-state index in [9.17, 15) is 19.5 Å². The van der Waals surface area contributed by atoms with Crippen LogP contribution in [0.25, 0.3) is 0 Å². The SMILES string of the molecule is O=C(CSCC(=O)Nc1cccc(Br)c1)NNC(=O)c1cc(Cl)ccc1O. The van der Waals surface area contributed by atoms with Gasteiger partial charge in [0.15, 0.2) is 0 Å². The number of hydrogen-bond donors (Lipinski definition) is 4. The van der Waals surface area contributed by atoms with Crippen LogP contribution in [0.4, 0.5) is 5.69 Å². The standard InChI is InChI=1S/C17H15BrClN3O4S/c18-10-2-1-3-12(6-10)20-15(24)8-27-9-16(25)21-22-17(26)13-7-11(19)4-5-14(13)23/h1-7,23H,8-9H2,(H,20,24)(H,21,25)(H,22,26). The zero-order chi connectivity index (χ0) is 19.8. The van der Waals surface area contributed by atoms with Crippen LogP contribution in [0.2, 0.25) is 5.02 Å². The lowest BCUT2D eigenvalue weighted by Gasteiger charge is -2.09. The maximum atomic E-state index is 11.9. The fourth-order valence-corrected chi connectivity index (χ4v) is 3.11. The summed E-state index contributed by atoms with van der Waals surface area (Å²) >= 11 is 10.2. The molecule has 0 aliphatic rings. The molecule has 0 unspecified atom stereocenters. The van der Waals surface area contributed by atoms with Crippen molar-refractivity contribution in [2.45, 2.75) is 0 Å². The Balaban J connectivity index is 1.70. The van der Waals surface area contributed by atoms with Gasteiger partial charge in [-0.1, -0.05) is 33.6 Å². The Morgan fingerprint density at radius 2 is 1.78 bits per heavy atom. The summed E-state index contributed by atoms with van der Waals surface area (Å²) in [6, 6.07) is 11.1. The number of thioether (sulfide) groups is 1. The zero-order valence-electron chi connectivity index (χ0n) is 13.8. The first kappa shape index (κ1) is 21.1. The third-order valence-electron chi connectivity index (χ3n) is 3.09. The molecule has 2 rings (SSSR count). The van der Waals surface area contributed by atoms with Crippen molar-refractivity contribution in [1.29, 1.82) is 0 Å². The molecule has 2 aromatic rings. The highest BCUT2D eigenvalue weighted by Gasteiger charge is 2.13. The Labute approximate surface area is 173 Å². The second-order valence-corrected chi connectivity index (χ2v) is 7.55. The summed E-state index contributed by atoms with van der Waals surface area (Å²) in [6.45, 7) is 0. The lowest BCUT2D eigenvalue weighted by atomic mass is 10.2. The van der Waals surface area contributed by atoms with Gasteiger partial charge in [-0.3, -0.25) is 25.2 Å². The number of anilines is 1. The molecule has 27 heavy (non-hydrogen) atoms. The maximum absolute atomic E-state index is 11.9. The molecule has 0 saturated carbocycles. The van der Waals surface area contributed by atoms with Gasteiger partial charge in [0.25, 0.3) is 5.91 Å². The Morgan fingerprint density at radius 3 is 2.52 bits per heavy atom. The minimum Gasteiger partial charge on any atom is -0.507 e. The molecule has 142 valence electrons. The van der Waals surface area contributed by atoms with E-state index < -0.39 is 11.8 Å². The number of rotatable bonds is 6. The number of aromatic hydroxyl groups is 1. The highest BCUT2D eigenvalue weighted by molar-refractivity contribution is 9.10. The summed E-state index contributed by atoms with van der Waals surface area (Å²) in [5.41, 5.74) is 4.96. The third-order valence-corrected chi connectivity index (χ3v) is 4.75. The van der Waals surface area contributed by atoms with Gasteiger partial charge >= 0.3 is 0 Å². The molecule has 10 heteroatoms. The lowest BCUT2D eigenvalue weighted by molar-refractivity contribution is -0.119. The number of phenols is 1. The topological polar surface area (TPSA) is 108 Å². The largest absolute Gasteiger partial charge is 0.507 e. The molecule has 0 aliphatic carbocycles. The Morgan fingerprint density at radius 1 is 1.04 bits per heavy atom. The number of hydrogen-bond acceptors (Lipinski definition) is 5. The van der Waals surface area contributed by atoms with Crippen molar-refractivity contribution < 1.29 is 19.5 Å². The van der Waals surface area contributed by atoms with E-state index in [-0.39, 0.29) is 33.7 Å². The van der Waals surface area contributed by atoms with Crippen LogP contribution >= 0.6 is 39.3 Å². The third kappa shape index (κ3) is 7.12. The van der Waals surface area contributed by atoms with E-state index in [2.05, 4.69) is 32.1 Å². The fourth-order valence-electron chi connectivity index (χ4n) is 1.92. The number of benzene rings is 2. The molecule has 0 radical (unpaired) electrons. The van der Waals surface area contributed by atoms with Crippen LogP contribution in [0.3, 0.4) is 0 Å². The molecular weight excluding hydrogens is 458 g/mol. The normalized spacial score (nSPS) is 10.1. The molecule has 0 atom stereocenters. The molecule has 0 heterocycles. The van der Waals surface area contributed by atoms with Crippen molar-refractivity contribution in [2.75, 3.05) is 16.8 Å². The van der Waals surface area contributed by atoms with Crippen molar-refractivity contribution in [3.05, 3.63) is 57.5 Å². The summed E-state index contributed by atoms with van der Waals surface area (Å²) in [7, 11) is 0. The van der Waals surface area contributed by atoms with Crippen molar-refractivity contribution >= 4 is 62.7 Å². The van der Waals surface area contributed by atoms with Gasteiger partial charge in [-0.2, -0.15) is 0 Å². The monoisotopic (exact) mass is 471 g/mol. The first-order valence-electron chi connectivity index (χ1n) is 7.56. The van der Waals surface area contributed by atoms with Gasteiger partial charge in [-0.25, -0.2) is 0 Å². The highest BCUT2D eigenvalue weighted by atomic mass is 79.9. The molecule has 0 aliphatic heterocycles. The van der Waals surface area contributed by atoms with Gasteiger partial charge in [0.05, 0.1) is 17.1 Å². The number of phenolic OH excluding ortho intramolecular Hbond substituents is 1. The van der Waals surface area contributed by atoms with Gasteiger partial charge in [0.1, 0.15) is 5.75 Å². The smallest absolute Gasteiger partial charge is 0.273 e. The van der Waals surface area contributed by atoms with Crippen molar-refractivity contribution in [3.63, 3.8) is 0 Å². The van der Waals surface area contributed by atoms with E-state index in [4.69, 9.17) is 11.6 Å². The van der Waals surface area contributed by atoms with Crippen LogP contribution in [-0.4, -0.2) is 34.3 Å². The van der Waals surface area contributed by atoms with Crippen LogP contribution in [0.5, 0.6) is 5.75 Å². The van der Waals surface area contributed by atoms with E-state index in [1.54, 1.807) is 18.2 Å². The lowest BCUT2D eigenvalue weighted by Crippen LogP contribution is -2.42. The number of amides is 3. The predicted molar refractivity (Wildman–Crippen MR) is 109 cm³/mol. The zero-order valence-corrected chi connectivity index (χ0v) is 17.0. The molecule has 3 amide bonds. The Bertz CT molecular complexity index is 866. The van der Waals surface area contributed by atoms with Crippen LogP contribution in [0, 0.1) is 0 Å². The second kappa shape index (κ2) is 10.2. The predicted octanol–water partition coefficient (Wildman–Crippen LogP) is 2.94. The van der Waals surface area contributed by atoms with E-state index in [1.807, 2.05) is 6.07 Å². The van der Waals surface area contributed by atoms with E-state index >= 15 is 0 Å². The van der Waals surface area contributed by atoms with Crippen LogP contribution in [0.1, 0.15) is 10.4 Å². The molecule has 0 bridgehead atoms. The average Bonchev–Trinajstić information content (AvgIpc) is 2.61. The van der Waals surface area contributed by atoms with Gasteiger partial charge in [0.2, 0.25) is 11.8 Å². The molecule has 0 fully saturated rings. The molecule has 4 N–H and O–H groups in total. The van der Waals surface area contributed by atoms with E-state index in [1.165, 1.54) is 18.2 Å². The molecule has 7 nitrogen and oxygen atoms in total. The van der Waals surface area contributed by atoms with Crippen molar-refractivity contribution in [2.24, 2.45) is 0 Å². The van der Waals surface area contributed by atoms with E-state index in [0.717, 1.165) is 16.2 Å². The summed E-state index contributed by atoms with van der Waals surface area (Å²) in [6.07, 6.45) is 0. The summed E-state index contributed by atoms with van der Waals surface area (Å²) in [4.78, 5) is 35.5. The quantitative estimate of drug-likeness (QED) is 0.484. The number of hydrazine groups is 1. The Hall–Kier alpha value is -2.23. The first-order chi connectivity index (χ1) is 12.8. The van der Waals surface area contributed by atoms with Gasteiger partial charge in [-0.15, -0.1) is 11.8 Å². The molecule has 0 aromatic heterocycles. The number of nitrogens with one attached hydrogen (secondary N) is 3.